The average Bonchev–Trinajstić information content (AvgIpc) is 2.97. The van der Waals surface area contributed by atoms with Crippen LogP contribution in [0.25, 0.3) is 5.52 Å². The minimum absolute atomic E-state index is 0.0897. The van der Waals surface area contributed by atoms with Gasteiger partial charge < -0.3 is 14.9 Å². The van der Waals surface area contributed by atoms with Crippen molar-refractivity contribution in [2.75, 3.05) is 31.1 Å². The topological polar surface area (TPSA) is 78.2 Å². The van der Waals surface area contributed by atoms with Crippen molar-refractivity contribution in [3.05, 3.63) is 29.2 Å². The number of piperazine rings is 1. The lowest BCUT2D eigenvalue weighted by Crippen LogP contribution is -2.49. The van der Waals surface area contributed by atoms with Crippen LogP contribution in [0.3, 0.4) is 0 Å². The van der Waals surface area contributed by atoms with Gasteiger partial charge in [0.2, 0.25) is 0 Å². The highest BCUT2D eigenvalue weighted by Crippen LogP contribution is 2.29. The number of carbonyl (C=O) groups excluding carboxylic acids is 1. The number of imidazole rings is 1. The molecule has 1 aliphatic heterocycles. The molecule has 8 heteroatoms. The van der Waals surface area contributed by atoms with E-state index in [4.69, 9.17) is 16.7 Å². The molecule has 3 heterocycles. The third kappa shape index (κ3) is 2.37. The number of ketones is 1. The maximum Gasteiger partial charge on any atom is 0.407 e. The van der Waals surface area contributed by atoms with Crippen LogP contribution in [0.5, 0.6) is 0 Å². The summed E-state index contributed by atoms with van der Waals surface area (Å²) in [5.41, 5.74) is 1.24. The highest BCUT2D eigenvalue weighted by atomic mass is 35.5. The third-order valence-corrected chi connectivity index (χ3v) is 4.16. The van der Waals surface area contributed by atoms with E-state index in [2.05, 4.69) is 4.98 Å². The largest absolute Gasteiger partial charge is 0.465 e. The van der Waals surface area contributed by atoms with E-state index >= 15 is 0 Å². The van der Waals surface area contributed by atoms with Crippen LogP contribution in [0, 0.1) is 0 Å². The Morgan fingerprint density at radius 2 is 1.95 bits per heavy atom. The molecule has 0 spiro atoms. The van der Waals surface area contributed by atoms with Crippen LogP contribution in [-0.4, -0.2) is 57.4 Å². The number of amides is 1. The first-order valence-corrected chi connectivity index (χ1v) is 7.25. The lowest BCUT2D eigenvalue weighted by atomic mass is 10.1. The summed E-state index contributed by atoms with van der Waals surface area (Å²) in [4.78, 5) is 30.4. The fourth-order valence-electron chi connectivity index (χ4n) is 2.73. The van der Waals surface area contributed by atoms with E-state index in [0.717, 1.165) is 11.3 Å². The third-order valence-electron chi connectivity index (χ3n) is 3.85. The summed E-state index contributed by atoms with van der Waals surface area (Å²) >= 11 is 6.21. The number of anilines is 1. The average molecular weight is 323 g/mol. The molecule has 0 unspecified atom stereocenters. The summed E-state index contributed by atoms with van der Waals surface area (Å²) in [6, 6.07) is 1.65. The SMILES string of the molecule is CC(=O)c1cc(Cl)c2cncn2c1N1CCN(C(=O)O)CC1. The second kappa shape index (κ2) is 5.49. The van der Waals surface area contributed by atoms with Crippen LogP contribution in [-0.2, 0) is 0 Å². The molecule has 7 nitrogen and oxygen atoms in total. The van der Waals surface area contributed by atoms with Crippen LogP contribution in [0.4, 0.5) is 10.6 Å². The molecule has 0 atom stereocenters. The molecule has 2 aromatic rings. The molecule has 0 saturated carbocycles. The highest BCUT2D eigenvalue weighted by Gasteiger charge is 2.25. The van der Waals surface area contributed by atoms with Crippen molar-refractivity contribution in [3.63, 3.8) is 0 Å². The number of Topliss-reactive ketones (excluding diaryl/α,β-unsaturated/α-hetero) is 1. The molecule has 0 radical (unpaired) electrons. The molecule has 1 saturated heterocycles. The fraction of sp³-hybridized carbons (Fsp3) is 0.357. The van der Waals surface area contributed by atoms with Gasteiger partial charge in [-0.2, -0.15) is 0 Å². The van der Waals surface area contributed by atoms with Crippen LogP contribution in [0.2, 0.25) is 5.02 Å². The van der Waals surface area contributed by atoms with Gasteiger partial charge in [-0.3, -0.25) is 9.20 Å². The van der Waals surface area contributed by atoms with Crippen LogP contribution >= 0.6 is 11.6 Å². The van der Waals surface area contributed by atoms with Crippen LogP contribution in [0.15, 0.2) is 18.6 Å². The first-order valence-electron chi connectivity index (χ1n) is 6.87. The minimum Gasteiger partial charge on any atom is -0.465 e. The normalized spacial score (nSPS) is 15.4. The summed E-state index contributed by atoms with van der Waals surface area (Å²) in [5.74, 6) is 0.627. The van der Waals surface area contributed by atoms with Crippen LogP contribution in [0.1, 0.15) is 17.3 Å². The van der Waals surface area contributed by atoms with Crippen LogP contribution < -0.4 is 4.90 Å². The molecule has 1 aliphatic rings. The van der Waals surface area contributed by atoms with Crippen molar-refractivity contribution in [2.24, 2.45) is 0 Å². The Kier molecular flexibility index (Phi) is 3.66. The van der Waals surface area contributed by atoms with Gasteiger partial charge in [0.05, 0.1) is 22.3 Å². The van der Waals surface area contributed by atoms with E-state index in [1.54, 1.807) is 23.0 Å². The predicted octanol–water partition coefficient (Wildman–Crippen LogP) is 1.99. The molecule has 116 valence electrons. The van der Waals surface area contributed by atoms with Crippen molar-refractivity contribution in [3.8, 4) is 0 Å². The molecule has 0 bridgehead atoms. The van der Waals surface area contributed by atoms with Crippen molar-refractivity contribution in [1.82, 2.24) is 14.3 Å². The maximum absolute atomic E-state index is 12.0. The number of nitrogens with zero attached hydrogens (tertiary/aromatic N) is 4. The lowest BCUT2D eigenvalue weighted by molar-refractivity contribution is 0.101. The van der Waals surface area contributed by atoms with Gasteiger partial charge in [-0.25, -0.2) is 9.78 Å². The Hall–Kier alpha value is -2.28. The van der Waals surface area contributed by atoms with Gasteiger partial charge in [-0.15, -0.1) is 0 Å². The van der Waals surface area contributed by atoms with Crippen molar-refractivity contribution >= 4 is 34.8 Å². The quantitative estimate of drug-likeness (QED) is 0.855. The smallest absolute Gasteiger partial charge is 0.407 e. The Balaban J connectivity index is 2.04. The number of pyridine rings is 1. The van der Waals surface area contributed by atoms with E-state index in [-0.39, 0.29) is 5.78 Å². The second-order valence-corrected chi connectivity index (χ2v) is 5.60. The Morgan fingerprint density at radius 3 is 2.55 bits per heavy atom. The van der Waals surface area contributed by atoms with Crippen molar-refractivity contribution in [2.45, 2.75) is 6.92 Å². The summed E-state index contributed by atoms with van der Waals surface area (Å²) in [6.45, 7) is 3.31. The first-order chi connectivity index (χ1) is 10.5. The zero-order valence-electron chi connectivity index (χ0n) is 12.0. The summed E-state index contributed by atoms with van der Waals surface area (Å²) in [6.07, 6.45) is 2.34. The molecule has 0 aromatic carbocycles. The molecule has 0 aliphatic carbocycles. The Morgan fingerprint density at radius 1 is 1.27 bits per heavy atom. The molecule has 3 rings (SSSR count). The Labute approximate surface area is 131 Å². The van der Waals surface area contributed by atoms with Gasteiger partial charge in [0.1, 0.15) is 12.1 Å². The fourth-order valence-corrected chi connectivity index (χ4v) is 2.98. The van der Waals surface area contributed by atoms with E-state index < -0.39 is 6.09 Å². The molecular formula is C14H15ClN4O3. The molecule has 1 N–H and O–H groups in total. The van der Waals surface area contributed by atoms with Gasteiger partial charge in [-0.05, 0) is 13.0 Å². The summed E-state index contributed by atoms with van der Waals surface area (Å²) < 4.78 is 1.79. The molecule has 1 amide bonds. The van der Waals surface area contributed by atoms with Gasteiger partial charge >= 0.3 is 6.09 Å². The Bertz CT molecular complexity index is 750. The van der Waals surface area contributed by atoms with E-state index in [9.17, 15) is 9.59 Å². The number of carbonyl (C=O) groups is 2. The number of hydrogen-bond acceptors (Lipinski definition) is 4. The molecular weight excluding hydrogens is 308 g/mol. The first kappa shape index (κ1) is 14.6. The molecule has 2 aromatic heterocycles. The predicted molar refractivity (Wildman–Crippen MR) is 82.0 cm³/mol. The number of fused-ring (bicyclic) bond motifs is 1. The number of rotatable bonds is 2. The number of carboxylic acid groups (broad SMARTS) is 1. The van der Waals surface area contributed by atoms with E-state index in [1.165, 1.54) is 11.8 Å². The zero-order valence-corrected chi connectivity index (χ0v) is 12.7. The van der Waals surface area contributed by atoms with Crippen molar-refractivity contribution < 1.29 is 14.7 Å². The van der Waals surface area contributed by atoms with Crippen molar-refractivity contribution in [1.29, 1.82) is 0 Å². The number of hydrogen-bond donors (Lipinski definition) is 1. The highest BCUT2D eigenvalue weighted by molar-refractivity contribution is 6.34. The minimum atomic E-state index is -0.921. The van der Waals surface area contributed by atoms with E-state index in [0.29, 0.717) is 36.8 Å². The van der Waals surface area contributed by atoms with Gasteiger partial charge in [0, 0.05) is 26.2 Å². The maximum atomic E-state index is 12.0. The number of aromatic nitrogens is 2. The zero-order chi connectivity index (χ0) is 15.9. The summed E-state index contributed by atoms with van der Waals surface area (Å²) in [7, 11) is 0. The van der Waals surface area contributed by atoms with Gasteiger partial charge in [0.15, 0.2) is 5.78 Å². The standard InChI is InChI=1S/C14H15ClN4O3/c1-9(20)10-6-11(15)12-7-16-8-19(12)13(10)17-2-4-18(5-3-17)14(21)22/h6-8H,2-5H2,1H3,(H,21,22). The van der Waals surface area contributed by atoms with Gasteiger partial charge in [-0.1, -0.05) is 11.6 Å². The van der Waals surface area contributed by atoms with E-state index in [1.807, 2.05) is 4.90 Å². The number of halogens is 1. The molecule has 22 heavy (non-hydrogen) atoms. The lowest BCUT2D eigenvalue weighted by Gasteiger charge is -2.35. The summed E-state index contributed by atoms with van der Waals surface area (Å²) in [5, 5.41) is 9.50. The van der Waals surface area contributed by atoms with Gasteiger partial charge in [0.25, 0.3) is 0 Å². The molecule has 1 fully saturated rings. The monoisotopic (exact) mass is 322 g/mol. The second-order valence-electron chi connectivity index (χ2n) is 5.19.